The van der Waals surface area contributed by atoms with Crippen molar-refractivity contribution in [3.8, 4) is 11.8 Å². The number of hydrogen-bond donors (Lipinski definition) is 2. The molecule has 0 aromatic rings. The zero-order valence-electron chi connectivity index (χ0n) is 11.3. The highest BCUT2D eigenvalue weighted by Gasteiger charge is 2.16. The molecule has 0 saturated carbocycles. The van der Waals surface area contributed by atoms with Crippen molar-refractivity contribution in [2.75, 3.05) is 13.1 Å². The van der Waals surface area contributed by atoms with Crippen molar-refractivity contribution in [2.24, 2.45) is 0 Å². The summed E-state index contributed by atoms with van der Waals surface area (Å²) in [6.07, 6.45) is 1.18. The summed E-state index contributed by atoms with van der Waals surface area (Å²) in [5, 5.41) is 11.3. The largest absolute Gasteiger partial charge is 0.481 e. The van der Waals surface area contributed by atoms with Crippen LogP contribution in [0.25, 0.3) is 0 Å². The van der Waals surface area contributed by atoms with Gasteiger partial charge in [-0.25, -0.2) is 4.79 Å². The monoisotopic (exact) mass is 254 g/mol. The number of amides is 2. The number of nitrogens with zero attached hydrogens (tertiary/aromatic N) is 1. The molecule has 0 unspecified atom stereocenters. The van der Waals surface area contributed by atoms with Crippen LogP contribution in [0.3, 0.4) is 0 Å². The van der Waals surface area contributed by atoms with E-state index in [9.17, 15) is 9.59 Å². The Morgan fingerprint density at radius 1 is 1.39 bits per heavy atom. The van der Waals surface area contributed by atoms with E-state index in [-0.39, 0.29) is 18.5 Å². The molecule has 0 aliphatic heterocycles. The summed E-state index contributed by atoms with van der Waals surface area (Å²) < 4.78 is 0. The quantitative estimate of drug-likeness (QED) is 0.536. The summed E-state index contributed by atoms with van der Waals surface area (Å²) in [6.45, 7) is 6.55. The fraction of sp³-hybridized carbons (Fsp3) is 0.692. The van der Waals surface area contributed by atoms with Crippen LogP contribution in [0.1, 0.15) is 40.0 Å². The summed E-state index contributed by atoms with van der Waals surface area (Å²) in [7, 11) is 0. The molecule has 0 heterocycles. The first-order valence-electron chi connectivity index (χ1n) is 6.15. The normalized spacial score (nSPS) is 9.56. The fourth-order valence-electron chi connectivity index (χ4n) is 1.45. The van der Waals surface area contributed by atoms with Crippen LogP contribution >= 0.6 is 0 Å². The third-order valence-corrected chi connectivity index (χ3v) is 2.38. The molecule has 5 nitrogen and oxygen atoms in total. The molecule has 0 bridgehead atoms. The second-order valence-corrected chi connectivity index (χ2v) is 4.19. The first-order valence-corrected chi connectivity index (χ1v) is 6.15. The number of carboxylic acids is 1. The van der Waals surface area contributed by atoms with Gasteiger partial charge >= 0.3 is 12.0 Å². The summed E-state index contributed by atoms with van der Waals surface area (Å²) in [5.41, 5.74) is 0. The number of aliphatic carboxylic acids is 1. The third kappa shape index (κ3) is 7.55. The average Bonchev–Trinajstić information content (AvgIpc) is 2.29. The van der Waals surface area contributed by atoms with Crippen molar-refractivity contribution in [2.45, 2.75) is 46.1 Å². The lowest BCUT2D eigenvalue weighted by atomic mass is 10.2. The molecule has 0 atom stereocenters. The highest BCUT2D eigenvalue weighted by atomic mass is 16.4. The molecule has 0 spiro atoms. The Hall–Kier alpha value is -1.70. The van der Waals surface area contributed by atoms with Crippen molar-refractivity contribution in [3.05, 3.63) is 0 Å². The van der Waals surface area contributed by atoms with Crippen LogP contribution in [-0.2, 0) is 4.79 Å². The lowest BCUT2D eigenvalue weighted by Crippen LogP contribution is -2.44. The van der Waals surface area contributed by atoms with Gasteiger partial charge in [-0.1, -0.05) is 0 Å². The zero-order valence-corrected chi connectivity index (χ0v) is 11.3. The zero-order chi connectivity index (χ0) is 14.0. The van der Waals surface area contributed by atoms with Crippen molar-refractivity contribution < 1.29 is 14.7 Å². The molecule has 18 heavy (non-hydrogen) atoms. The Kier molecular flexibility index (Phi) is 8.46. The van der Waals surface area contributed by atoms with Crippen LogP contribution in [0, 0.1) is 11.8 Å². The molecule has 0 rings (SSSR count). The van der Waals surface area contributed by atoms with Crippen molar-refractivity contribution in [1.29, 1.82) is 0 Å². The van der Waals surface area contributed by atoms with Gasteiger partial charge in [0.25, 0.3) is 0 Å². The minimum atomic E-state index is -0.836. The topological polar surface area (TPSA) is 69.6 Å². The van der Waals surface area contributed by atoms with Crippen molar-refractivity contribution in [1.82, 2.24) is 10.2 Å². The maximum Gasteiger partial charge on any atom is 0.317 e. The highest BCUT2D eigenvalue weighted by Crippen LogP contribution is 2.02. The molecular formula is C13H22N2O3. The summed E-state index contributed by atoms with van der Waals surface area (Å²) in [4.78, 5) is 23.9. The molecule has 0 aromatic heterocycles. The molecule has 0 saturated heterocycles. The van der Waals surface area contributed by atoms with E-state index in [0.717, 1.165) is 0 Å². The molecule has 0 aliphatic rings. The predicted octanol–water partition coefficient (Wildman–Crippen LogP) is 1.68. The van der Waals surface area contributed by atoms with Crippen LogP contribution in [-0.4, -0.2) is 41.1 Å². The summed E-state index contributed by atoms with van der Waals surface area (Å²) >= 11 is 0. The molecular weight excluding hydrogens is 232 g/mol. The van der Waals surface area contributed by atoms with Gasteiger partial charge in [0.15, 0.2) is 0 Å². The van der Waals surface area contributed by atoms with Gasteiger partial charge in [-0.3, -0.25) is 4.79 Å². The van der Waals surface area contributed by atoms with Crippen LogP contribution in [0.4, 0.5) is 4.79 Å². The maximum atomic E-state index is 11.8. The minimum Gasteiger partial charge on any atom is -0.481 e. The smallest absolute Gasteiger partial charge is 0.317 e. The van der Waals surface area contributed by atoms with Crippen LogP contribution in [0.5, 0.6) is 0 Å². The van der Waals surface area contributed by atoms with Gasteiger partial charge in [-0.2, -0.15) is 0 Å². The van der Waals surface area contributed by atoms with Crippen molar-refractivity contribution in [3.63, 3.8) is 0 Å². The molecule has 0 aromatic carbocycles. The molecule has 5 heteroatoms. The van der Waals surface area contributed by atoms with E-state index >= 15 is 0 Å². The van der Waals surface area contributed by atoms with Crippen LogP contribution < -0.4 is 5.32 Å². The number of carbonyl (C=O) groups is 2. The van der Waals surface area contributed by atoms with Crippen LogP contribution in [0.2, 0.25) is 0 Å². The standard InChI is InChI=1S/C13H22N2O3/c1-4-5-6-9-14-13(18)15(11(2)3)10-7-8-12(16)17/h11H,6-10H2,1-3H3,(H,14,18)(H,16,17). The highest BCUT2D eigenvalue weighted by molar-refractivity contribution is 5.74. The number of carbonyl (C=O) groups excluding carboxylic acids is 1. The van der Waals surface area contributed by atoms with E-state index in [1.807, 2.05) is 13.8 Å². The van der Waals surface area contributed by atoms with E-state index in [2.05, 4.69) is 17.2 Å². The van der Waals surface area contributed by atoms with E-state index < -0.39 is 5.97 Å². The van der Waals surface area contributed by atoms with Gasteiger partial charge < -0.3 is 15.3 Å². The van der Waals surface area contributed by atoms with E-state index in [1.165, 1.54) is 0 Å². The Morgan fingerprint density at radius 2 is 2.06 bits per heavy atom. The SMILES string of the molecule is CC#CCCNC(=O)N(CCCC(=O)O)C(C)C. The predicted molar refractivity (Wildman–Crippen MR) is 70.2 cm³/mol. The average molecular weight is 254 g/mol. The van der Waals surface area contributed by atoms with E-state index in [4.69, 9.17) is 5.11 Å². The fourth-order valence-corrected chi connectivity index (χ4v) is 1.45. The minimum absolute atomic E-state index is 0.0519. The van der Waals surface area contributed by atoms with Crippen molar-refractivity contribution >= 4 is 12.0 Å². The van der Waals surface area contributed by atoms with Gasteiger partial charge in [0.2, 0.25) is 0 Å². The lowest BCUT2D eigenvalue weighted by molar-refractivity contribution is -0.137. The van der Waals surface area contributed by atoms with E-state index in [0.29, 0.717) is 25.9 Å². The number of carboxylic acid groups (broad SMARTS) is 1. The molecule has 2 amide bonds. The van der Waals surface area contributed by atoms with Gasteiger partial charge in [0.1, 0.15) is 0 Å². The second-order valence-electron chi connectivity index (χ2n) is 4.19. The number of hydrogen-bond acceptors (Lipinski definition) is 2. The summed E-state index contributed by atoms with van der Waals surface area (Å²) in [5.74, 6) is 4.79. The van der Waals surface area contributed by atoms with Crippen LogP contribution in [0.15, 0.2) is 0 Å². The Balaban J connectivity index is 4.09. The Bertz CT molecular complexity index is 329. The third-order valence-electron chi connectivity index (χ3n) is 2.38. The maximum absolute atomic E-state index is 11.8. The lowest BCUT2D eigenvalue weighted by Gasteiger charge is -2.26. The Labute approximate surface area is 109 Å². The van der Waals surface area contributed by atoms with E-state index in [1.54, 1.807) is 11.8 Å². The molecule has 2 N–H and O–H groups in total. The first kappa shape index (κ1) is 16.3. The van der Waals surface area contributed by atoms with Gasteiger partial charge in [-0.05, 0) is 27.2 Å². The molecule has 0 aliphatic carbocycles. The van der Waals surface area contributed by atoms with Gasteiger partial charge in [0.05, 0.1) is 0 Å². The molecule has 0 fully saturated rings. The molecule has 102 valence electrons. The molecule has 0 radical (unpaired) electrons. The summed E-state index contributed by atoms with van der Waals surface area (Å²) in [6, 6.07) is -0.107. The second kappa shape index (κ2) is 9.34. The first-order chi connectivity index (χ1) is 8.49. The van der Waals surface area contributed by atoms with Gasteiger partial charge in [0, 0.05) is 32.0 Å². The number of rotatable bonds is 7. The number of urea groups is 1. The Morgan fingerprint density at radius 3 is 2.56 bits per heavy atom. The van der Waals surface area contributed by atoms with Gasteiger partial charge in [-0.15, -0.1) is 11.8 Å². The number of nitrogens with one attached hydrogen (secondary N) is 1.